The second kappa shape index (κ2) is 9.89. The number of methoxy groups -OCH3 is 2. The molecule has 0 atom stereocenters. The first-order valence-corrected chi connectivity index (χ1v) is 11.9. The van der Waals surface area contributed by atoms with Crippen molar-refractivity contribution in [2.24, 2.45) is 0 Å². The van der Waals surface area contributed by atoms with E-state index in [9.17, 15) is 0 Å². The zero-order chi connectivity index (χ0) is 23.3. The minimum absolute atomic E-state index is 0.711. The number of H-pyrrole nitrogens is 1. The number of ether oxygens (including phenoxy) is 2. The van der Waals surface area contributed by atoms with Gasteiger partial charge in [0.2, 0.25) is 0 Å². The number of aromatic amines is 1. The maximum atomic E-state index is 5.70. The standard InChI is InChI=1S/C27H24N4O2S/c1-32-20-14-15-25(33-2)24(17-20)31-26(22-18-28-23-13-7-6-12-21(22)23)29-30-27(31)34-16-8-11-19-9-4-3-5-10-19/h3-15,17-18,28H,16H2,1-2H3. The molecule has 0 saturated heterocycles. The predicted octanol–water partition coefficient (Wildman–Crippen LogP) is 6.24. The number of aromatic nitrogens is 4. The van der Waals surface area contributed by atoms with E-state index in [1.165, 1.54) is 5.56 Å². The van der Waals surface area contributed by atoms with Gasteiger partial charge in [-0.1, -0.05) is 72.4 Å². The van der Waals surface area contributed by atoms with Crippen LogP contribution in [-0.2, 0) is 0 Å². The van der Waals surface area contributed by atoms with Gasteiger partial charge >= 0.3 is 0 Å². The maximum Gasteiger partial charge on any atom is 0.196 e. The van der Waals surface area contributed by atoms with Crippen LogP contribution in [-0.4, -0.2) is 39.7 Å². The zero-order valence-corrected chi connectivity index (χ0v) is 19.8. The first-order chi connectivity index (χ1) is 16.8. The third-order valence-corrected chi connectivity index (χ3v) is 6.39. The van der Waals surface area contributed by atoms with Crippen LogP contribution >= 0.6 is 11.8 Å². The third-order valence-electron chi connectivity index (χ3n) is 5.51. The van der Waals surface area contributed by atoms with Crippen molar-refractivity contribution in [3.05, 3.63) is 90.6 Å². The van der Waals surface area contributed by atoms with E-state index in [1.807, 2.05) is 59.3 Å². The fourth-order valence-electron chi connectivity index (χ4n) is 3.85. The number of para-hydroxylation sites is 1. The Hall–Kier alpha value is -3.97. The van der Waals surface area contributed by atoms with Crippen LogP contribution in [0.1, 0.15) is 5.56 Å². The lowest BCUT2D eigenvalue weighted by atomic mass is 10.1. The number of rotatable bonds is 8. The highest BCUT2D eigenvalue weighted by atomic mass is 32.2. The summed E-state index contributed by atoms with van der Waals surface area (Å²) in [6, 6.07) is 24.2. The van der Waals surface area contributed by atoms with E-state index in [0.29, 0.717) is 5.75 Å². The van der Waals surface area contributed by atoms with E-state index < -0.39 is 0 Å². The number of hydrogen-bond acceptors (Lipinski definition) is 5. The minimum atomic E-state index is 0.711. The molecule has 34 heavy (non-hydrogen) atoms. The van der Waals surface area contributed by atoms with Gasteiger partial charge in [-0.3, -0.25) is 4.57 Å². The normalized spacial score (nSPS) is 11.4. The average Bonchev–Trinajstić information content (AvgIpc) is 3.50. The van der Waals surface area contributed by atoms with Gasteiger partial charge in [-0.15, -0.1) is 10.2 Å². The first kappa shape index (κ1) is 21.9. The summed E-state index contributed by atoms with van der Waals surface area (Å²) in [5.41, 5.74) is 4.00. The minimum Gasteiger partial charge on any atom is -0.497 e. The van der Waals surface area contributed by atoms with Gasteiger partial charge in [0.15, 0.2) is 11.0 Å². The number of nitrogens with one attached hydrogen (secondary N) is 1. The molecule has 5 rings (SSSR count). The highest BCUT2D eigenvalue weighted by Gasteiger charge is 2.21. The summed E-state index contributed by atoms with van der Waals surface area (Å²) in [5, 5.41) is 11.0. The summed E-state index contributed by atoms with van der Waals surface area (Å²) in [5.74, 6) is 2.92. The van der Waals surface area contributed by atoms with E-state index in [-0.39, 0.29) is 0 Å². The molecule has 0 aliphatic rings. The molecule has 0 aliphatic carbocycles. The maximum absolute atomic E-state index is 5.70. The van der Waals surface area contributed by atoms with Crippen LogP contribution in [0.4, 0.5) is 0 Å². The van der Waals surface area contributed by atoms with E-state index in [0.717, 1.165) is 44.6 Å². The molecule has 170 valence electrons. The van der Waals surface area contributed by atoms with Crippen LogP contribution in [0.2, 0.25) is 0 Å². The van der Waals surface area contributed by atoms with Crippen LogP contribution in [0.15, 0.2) is 90.2 Å². The number of thioether (sulfide) groups is 1. The highest BCUT2D eigenvalue weighted by molar-refractivity contribution is 7.99. The molecule has 0 amide bonds. The van der Waals surface area contributed by atoms with Gasteiger partial charge in [0.1, 0.15) is 11.5 Å². The fraction of sp³-hybridized carbons (Fsp3) is 0.111. The number of hydrogen-bond donors (Lipinski definition) is 1. The second-order valence-electron chi connectivity index (χ2n) is 7.55. The molecule has 2 heterocycles. The molecule has 0 bridgehead atoms. The summed E-state index contributed by atoms with van der Waals surface area (Å²) >= 11 is 1.61. The van der Waals surface area contributed by atoms with E-state index in [2.05, 4.69) is 51.6 Å². The van der Waals surface area contributed by atoms with Gasteiger partial charge in [0, 0.05) is 34.5 Å². The number of benzene rings is 3. The van der Waals surface area contributed by atoms with Crippen molar-refractivity contribution in [3.8, 4) is 28.6 Å². The molecule has 6 nitrogen and oxygen atoms in total. The number of nitrogens with zero attached hydrogens (tertiary/aromatic N) is 3. The Balaban J connectivity index is 1.58. The molecule has 7 heteroatoms. The molecule has 0 fully saturated rings. The molecule has 2 aromatic heterocycles. The molecule has 0 saturated carbocycles. The Morgan fingerprint density at radius 2 is 1.76 bits per heavy atom. The molecule has 5 aromatic rings. The van der Waals surface area contributed by atoms with Gasteiger partial charge < -0.3 is 14.5 Å². The molecular formula is C27H24N4O2S. The summed E-state index contributed by atoms with van der Waals surface area (Å²) in [4.78, 5) is 3.34. The van der Waals surface area contributed by atoms with Crippen molar-refractivity contribution < 1.29 is 9.47 Å². The number of fused-ring (bicyclic) bond motifs is 1. The third kappa shape index (κ3) is 4.30. The Labute approximate surface area is 202 Å². The Morgan fingerprint density at radius 1 is 0.941 bits per heavy atom. The van der Waals surface area contributed by atoms with Crippen LogP contribution in [0.3, 0.4) is 0 Å². The second-order valence-corrected chi connectivity index (χ2v) is 8.54. The first-order valence-electron chi connectivity index (χ1n) is 10.9. The molecule has 0 aliphatic heterocycles. The molecular weight excluding hydrogens is 444 g/mol. The summed E-state index contributed by atoms with van der Waals surface area (Å²) in [7, 11) is 3.32. The summed E-state index contributed by atoms with van der Waals surface area (Å²) in [6.45, 7) is 0. The van der Waals surface area contributed by atoms with Crippen molar-refractivity contribution >= 4 is 28.7 Å². The Bertz CT molecular complexity index is 1440. The lowest BCUT2D eigenvalue weighted by Crippen LogP contribution is -2.03. The van der Waals surface area contributed by atoms with Crippen LogP contribution in [0.5, 0.6) is 11.5 Å². The van der Waals surface area contributed by atoms with Crippen LogP contribution < -0.4 is 9.47 Å². The Kier molecular flexibility index (Phi) is 6.35. The smallest absolute Gasteiger partial charge is 0.196 e. The molecule has 3 aromatic carbocycles. The molecule has 1 N–H and O–H groups in total. The van der Waals surface area contributed by atoms with Crippen molar-refractivity contribution in [2.45, 2.75) is 5.16 Å². The van der Waals surface area contributed by atoms with E-state index in [4.69, 9.17) is 9.47 Å². The zero-order valence-electron chi connectivity index (χ0n) is 18.9. The summed E-state index contributed by atoms with van der Waals surface area (Å²) in [6.07, 6.45) is 6.22. The van der Waals surface area contributed by atoms with Gasteiger partial charge in [0.25, 0.3) is 0 Å². The monoisotopic (exact) mass is 468 g/mol. The quantitative estimate of drug-likeness (QED) is 0.273. The predicted molar refractivity (Wildman–Crippen MR) is 138 cm³/mol. The SMILES string of the molecule is COc1ccc(OC)c(-n2c(SCC=Cc3ccccc3)nnc2-c2c[nH]c3ccccc23)c1. The highest BCUT2D eigenvalue weighted by Crippen LogP contribution is 2.37. The van der Waals surface area contributed by atoms with Crippen LogP contribution in [0.25, 0.3) is 34.1 Å². The van der Waals surface area contributed by atoms with Gasteiger partial charge in [-0.25, -0.2) is 0 Å². The van der Waals surface area contributed by atoms with E-state index >= 15 is 0 Å². The van der Waals surface area contributed by atoms with Crippen molar-refractivity contribution in [2.75, 3.05) is 20.0 Å². The topological polar surface area (TPSA) is 65.0 Å². The van der Waals surface area contributed by atoms with Gasteiger partial charge in [-0.2, -0.15) is 0 Å². The lowest BCUT2D eigenvalue weighted by Gasteiger charge is -2.15. The van der Waals surface area contributed by atoms with Crippen molar-refractivity contribution in [3.63, 3.8) is 0 Å². The fourth-order valence-corrected chi connectivity index (χ4v) is 4.61. The van der Waals surface area contributed by atoms with Gasteiger partial charge in [-0.05, 0) is 23.8 Å². The van der Waals surface area contributed by atoms with Gasteiger partial charge in [0.05, 0.1) is 19.9 Å². The van der Waals surface area contributed by atoms with Crippen LogP contribution in [0, 0.1) is 0 Å². The molecule has 0 unspecified atom stereocenters. The molecule has 0 spiro atoms. The summed E-state index contributed by atoms with van der Waals surface area (Å²) < 4.78 is 13.3. The largest absolute Gasteiger partial charge is 0.497 e. The lowest BCUT2D eigenvalue weighted by molar-refractivity contribution is 0.401. The molecule has 0 radical (unpaired) electrons. The Morgan fingerprint density at radius 3 is 2.59 bits per heavy atom. The van der Waals surface area contributed by atoms with E-state index in [1.54, 1.807) is 26.0 Å². The average molecular weight is 469 g/mol. The van der Waals surface area contributed by atoms with Crippen molar-refractivity contribution in [1.29, 1.82) is 0 Å². The van der Waals surface area contributed by atoms with Crippen molar-refractivity contribution in [1.82, 2.24) is 19.7 Å².